The van der Waals surface area contributed by atoms with Crippen molar-refractivity contribution in [3.63, 3.8) is 0 Å². The highest BCUT2D eigenvalue weighted by molar-refractivity contribution is 5.78. The zero-order chi connectivity index (χ0) is 13.4. The summed E-state index contributed by atoms with van der Waals surface area (Å²) in [7, 11) is 1.57. The van der Waals surface area contributed by atoms with E-state index in [9.17, 15) is 9.18 Å². The monoisotopic (exact) mass is 254 g/mol. The number of amides is 1. The number of nitrogens with two attached hydrogens (primary N) is 1. The number of hydrogen-bond acceptors (Lipinski definition) is 3. The molecule has 0 aliphatic heterocycles. The summed E-state index contributed by atoms with van der Waals surface area (Å²) in [5.74, 6) is -0.493. The topological polar surface area (TPSA) is 55.6 Å². The Morgan fingerprint density at radius 3 is 2.72 bits per heavy atom. The minimum Gasteiger partial charge on any atom is -0.383 e. The Morgan fingerprint density at radius 1 is 1.39 bits per heavy atom. The normalized spacial score (nSPS) is 10.4. The third-order valence-corrected chi connectivity index (χ3v) is 2.62. The van der Waals surface area contributed by atoms with Crippen LogP contribution in [-0.4, -0.2) is 44.2 Å². The minimum absolute atomic E-state index is 0.0520. The Hall–Kier alpha value is -1.46. The molecule has 0 bridgehead atoms. The Kier molecular flexibility index (Phi) is 6.32. The van der Waals surface area contributed by atoms with E-state index in [0.717, 1.165) is 0 Å². The summed E-state index contributed by atoms with van der Waals surface area (Å²) in [4.78, 5) is 13.6. The lowest BCUT2D eigenvalue weighted by molar-refractivity contribution is -0.131. The van der Waals surface area contributed by atoms with Crippen molar-refractivity contribution in [1.82, 2.24) is 4.90 Å². The van der Waals surface area contributed by atoms with E-state index in [1.807, 2.05) is 0 Å². The van der Waals surface area contributed by atoms with Crippen molar-refractivity contribution in [2.24, 2.45) is 5.73 Å². The molecular formula is C13H19FN2O2. The molecular weight excluding hydrogens is 235 g/mol. The van der Waals surface area contributed by atoms with Crippen molar-refractivity contribution in [1.29, 1.82) is 0 Å². The lowest BCUT2D eigenvalue weighted by atomic mass is 10.1. The van der Waals surface area contributed by atoms with Gasteiger partial charge in [-0.15, -0.1) is 0 Å². The fourth-order valence-electron chi connectivity index (χ4n) is 1.64. The molecule has 0 aliphatic rings. The highest BCUT2D eigenvalue weighted by Gasteiger charge is 2.14. The van der Waals surface area contributed by atoms with Crippen LogP contribution in [0.5, 0.6) is 0 Å². The van der Waals surface area contributed by atoms with Gasteiger partial charge in [-0.3, -0.25) is 4.79 Å². The first-order valence-corrected chi connectivity index (χ1v) is 5.89. The number of halogens is 1. The molecule has 1 aromatic carbocycles. The van der Waals surface area contributed by atoms with Gasteiger partial charge in [-0.1, -0.05) is 18.2 Å². The van der Waals surface area contributed by atoms with Gasteiger partial charge in [0, 0.05) is 26.7 Å². The molecule has 1 rings (SSSR count). The highest BCUT2D eigenvalue weighted by Crippen LogP contribution is 2.08. The highest BCUT2D eigenvalue weighted by atomic mass is 19.1. The van der Waals surface area contributed by atoms with Gasteiger partial charge in [0.25, 0.3) is 0 Å². The van der Waals surface area contributed by atoms with Crippen LogP contribution in [0, 0.1) is 5.82 Å². The van der Waals surface area contributed by atoms with Gasteiger partial charge in [0.15, 0.2) is 0 Å². The molecule has 1 amide bonds. The standard InChI is InChI=1S/C13H19FN2O2/c1-18-9-8-16(7-6-15)13(17)10-11-4-2-3-5-12(11)14/h2-5H,6-10,15H2,1H3. The first kappa shape index (κ1) is 14.6. The zero-order valence-corrected chi connectivity index (χ0v) is 10.6. The van der Waals surface area contributed by atoms with Gasteiger partial charge in [0.1, 0.15) is 5.82 Å². The second kappa shape index (κ2) is 7.79. The molecule has 0 aromatic heterocycles. The quantitative estimate of drug-likeness (QED) is 0.783. The van der Waals surface area contributed by atoms with Gasteiger partial charge in [-0.05, 0) is 11.6 Å². The molecule has 0 unspecified atom stereocenters. The van der Waals surface area contributed by atoms with Crippen LogP contribution in [0.25, 0.3) is 0 Å². The number of benzene rings is 1. The van der Waals surface area contributed by atoms with Gasteiger partial charge in [0.05, 0.1) is 13.0 Å². The molecule has 0 radical (unpaired) electrons. The molecule has 0 spiro atoms. The fourth-order valence-corrected chi connectivity index (χ4v) is 1.64. The van der Waals surface area contributed by atoms with Crippen LogP contribution in [0.1, 0.15) is 5.56 Å². The Morgan fingerprint density at radius 2 is 2.11 bits per heavy atom. The van der Waals surface area contributed by atoms with E-state index in [1.165, 1.54) is 6.07 Å². The van der Waals surface area contributed by atoms with Crippen molar-refractivity contribution in [2.45, 2.75) is 6.42 Å². The van der Waals surface area contributed by atoms with E-state index in [0.29, 0.717) is 31.8 Å². The summed E-state index contributed by atoms with van der Waals surface area (Å²) in [6.07, 6.45) is 0.0520. The molecule has 0 saturated heterocycles. The first-order chi connectivity index (χ1) is 8.69. The largest absolute Gasteiger partial charge is 0.383 e. The van der Waals surface area contributed by atoms with Gasteiger partial charge >= 0.3 is 0 Å². The zero-order valence-electron chi connectivity index (χ0n) is 10.6. The van der Waals surface area contributed by atoms with Crippen molar-refractivity contribution < 1.29 is 13.9 Å². The maximum Gasteiger partial charge on any atom is 0.227 e. The molecule has 2 N–H and O–H groups in total. The van der Waals surface area contributed by atoms with Crippen molar-refractivity contribution >= 4 is 5.91 Å². The Bertz CT molecular complexity index is 385. The van der Waals surface area contributed by atoms with E-state index in [2.05, 4.69) is 0 Å². The molecule has 4 nitrogen and oxygen atoms in total. The summed E-state index contributed by atoms with van der Waals surface area (Å²) < 4.78 is 18.4. The number of carbonyl (C=O) groups excluding carboxylic acids is 1. The molecule has 0 aliphatic carbocycles. The number of nitrogens with zero attached hydrogens (tertiary/aromatic N) is 1. The van der Waals surface area contributed by atoms with Gasteiger partial charge in [0.2, 0.25) is 5.91 Å². The first-order valence-electron chi connectivity index (χ1n) is 5.89. The third kappa shape index (κ3) is 4.43. The van der Waals surface area contributed by atoms with E-state index < -0.39 is 0 Å². The smallest absolute Gasteiger partial charge is 0.227 e. The predicted molar refractivity (Wildman–Crippen MR) is 67.6 cm³/mol. The van der Waals surface area contributed by atoms with E-state index in [1.54, 1.807) is 30.2 Å². The predicted octanol–water partition coefficient (Wildman–Crippen LogP) is 0.802. The lowest BCUT2D eigenvalue weighted by Crippen LogP contribution is -2.38. The van der Waals surface area contributed by atoms with E-state index in [4.69, 9.17) is 10.5 Å². The maximum atomic E-state index is 13.4. The van der Waals surface area contributed by atoms with E-state index in [-0.39, 0.29) is 18.1 Å². The van der Waals surface area contributed by atoms with Crippen LogP contribution >= 0.6 is 0 Å². The molecule has 100 valence electrons. The van der Waals surface area contributed by atoms with Crippen LogP contribution < -0.4 is 5.73 Å². The molecule has 18 heavy (non-hydrogen) atoms. The number of carbonyl (C=O) groups is 1. The summed E-state index contributed by atoms with van der Waals surface area (Å²) >= 11 is 0. The molecule has 0 heterocycles. The second-order valence-corrected chi connectivity index (χ2v) is 3.93. The van der Waals surface area contributed by atoms with Crippen molar-refractivity contribution in [2.75, 3.05) is 33.4 Å². The van der Waals surface area contributed by atoms with Crippen molar-refractivity contribution in [3.05, 3.63) is 35.6 Å². The molecule has 0 atom stereocenters. The Labute approximate surface area is 107 Å². The van der Waals surface area contributed by atoms with Crippen LogP contribution in [0.2, 0.25) is 0 Å². The van der Waals surface area contributed by atoms with Crippen LogP contribution in [0.4, 0.5) is 4.39 Å². The summed E-state index contributed by atoms with van der Waals surface area (Å²) in [6.45, 7) is 1.76. The SMILES string of the molecule is COCCN(CCN)C(=O)Cc1ccccc1F. The average molecular weight is 254 g/mol. The fraction of sp³-hybridized carbons (Fsp3) is 0.462. The van der Waals surface area contributed by atoms with Crippen LogP contribution in [-0.2, 0) is 16.0 Å². The molecule has 1 aromatic rings. The third-order valence-electron chi connectivity index (χ3n) is 2.62. The number of rotatable bonds is 7. The van der Waals surface area contributed by atoms with Gasteiger partial charge < -0.3 is 15.4 Å². The molecule has 0 saturated carbocycles. The molecule has 0 fully saturated rings. The second-order valence-electron chi connectivity index (χ2n) is 3.93. The van der Waals surface area contributed by atoms with Crippen molar-refractivity contribution in [3.8, 4) is 0 Å². The van der Waals surface area contributed by atoms with Crippen LogP contribution in [0.15, 0.2) is 24.3 Å². The number of methoxy groups -OCH3 is 1. The molecule has 5 heteroatoms. The number of hydrogen-bond donors (Lipinski definition) is 1. The van der Waals surface area contributed by atoms with Crippen LogP contribution in [0.3, 0.4) is 0 Å². The van der Waals surface area contributed by atoms with Gasteiger partial charge in [-0.25, -0.2) is 4.39 Å². The number of ether oxygens (including phenoxy) is 1. The van der Waals surface area contributed by atoms with Gasteiger partial charge in [-0.2, -0.15) is 0 Å². The lowest BCUT2D eigenvalue weighted by Gasteiger charge is -2.21. The maximum absolute atomic E-state index is 13.4. The summed E-state index contributed by atoms with van der Waals surface area (Å²) in [5, 5.41) is 0. The van der Waals surface area contributed by atoms with E-state index >= 15 is 0 Å². The Balaban J connectivity index is 2.63. The minimum atomic E-state index is -0.356. The summed E-state index contributed by atoms with van der Waals surface area (Å²) in [5.41, 5.74) is 5.86. The summed E-state index contributed by atoms with van der Waals surface area (Å²) in [6, 6.07) is 6.29. The average Bonchev–Trinajstić information content (AvgIpc) is 2.37.